The smallest absolute Gasteiger partial charge is 0.319 e. The molecule has 3 rings (SSSR count). The summed E-state index contributed by atoms with van der Waals surface area (Å²) in [6, 6.07) is 11.1. The van der Waals surface area contributed by atoms with Crippen molar-refractivity contribution in [1.82, 2.24) is 10.6 Å². The SMILES string of the molecule is COc1ccc(OC)c(NC(=O)C2=C(C)NC(=O)N[C@@H]2c2cccc(Cl)c2)c1. The summed E-state index contributed by atoms with van der Waals surface area (Å²) in [4.78, 5) is 25.1. The maximum atomic E-state index is 13.1. The Balaban J connectivity index is 1.98. The number of hydrogen-bond donors (Lipinski definition) is 3. The Labute approximate surface area is 167 Å². The van der Waals surface area contributed by atoms with Crippen molar-refractivity contribution < 1.29 is 19.1 Å². The molecule has 1 heterocycles. The van der Waals surface area contributed by atoms with Crippen LogP contribution in [-0.4, -0.2) is 26.2 Å². The molecule has 0 saturated heterocycles. The highest BCUT2D eigenvalue weighted by Gasteiger charge is 2.31. The number of anilines is 1. The van der Waals surface area contributed by atoms with Crippen molar-refractivity contribution in [3.63, 3.8) is 0 Å². The van der Waals surface area contributed by atoms with Crippen molar-refractivity contribution in [2.24, 2.45) is 0 Å². The Morgan fingerprint density at radius 3 is 2.61 bits per heavy atom. The van der Waals surface area contributed by atoms with E-state index in [9.17, 15) is 9.59 Å². The molecule has 0 aromatic heterocycles. The first-order valence-corrected chi connectivity index (χ1v) is 8.88. The number of carbonyl (C=O) groups is 2. The van der Waals surface area contributed by atoms with Gasteiger partial charge >= 0.3 is 6.03 Å². The third-order valence-corrected chi connectivity index (χ3v) is 4.59. The van der Waals surface area contributed by atoms with Gasteiger partial charge in [0.15, 0.2) is 0 Å². The quantitative estimate of drug-likeness (QED) is 0.713. The molecule has 0 bridgehead atoms. The Kier molecular flexibility index (Phi) is 5.75. The lowest BCUT2D eigenvalue weighted by Gasteiger charge is -2.29. The fraction of sp³-hybridized carbons (Fsp3) is 0.200. The number of carbonyl (C=O) groups excluding carboxylic acids is 2. The predicted octanol–water partition coefficient (Wildman–Crippen LogP) is 3.62. The molecule has 0 spiro atoms. The summed E-state index contributed by atoms with van der Waals surface area (Å²) >= 11 is 6.09. The summed E-state index contributed by atoms with van der Waals surface area (Å²) < 4.78 is 10.5. The minimum Gasteiger partial charge on any atom is -0.497 e. The lowest BCUT2D eigenvalue weighted by Crippen LogP contribution is -2.46. The molecule has 0 radical (unpaired) electrons. The third kappa shape index (κ3) is 4.04. The van der Waals surface area contributed by atoms with Crippen LogP contribution in [0.15, 0.2) is 53.7 Å². The molecule has 0 fully saturated rings. The van der Waals surface area contributed by atoms with Crippen LogP contribution in [0.25, 0.3) is 0 Å². The van der Waals surface area contributed by atoms with Gasteiger partial charge in [-0.15, -0.1) is 0 Å². The van der Waals surface area contributed by atoms with Crippen molar-refractivity contribution in [1.29, 1.82) is 0 Å². The van der Waals surface area contributed by atoms with Crippen LogP contribution in [0.5, 0.6) is 11.5 Å². The van der Waals surface area contributed by atoms with Crippen LogP contribution in [0.4, 0.5) is 10.5 Å². The van der Waals surface area contributed by atoms with E-state index >= 15 is 0 Å². The fourth-order valence-corrected chi connectivity index (χ4v) is 3.23. The van der Waals surface area contributed by atoms with E-state index in [1.807, 2.05) is 0 Å². The number of hydrogen-bond acceptors (Lipinski definition) is 4. The largest absolute Gasteiger partial charge is 0.497 e. The highest BCUT2D eigenvalue weighted by Crippen LogP contribution is 2.32. The third-order valence-electron chi connectivity index (χ3n) is 4.35. The maximum absolute atomic E-state index is 13.1. The fourth-order valence-electron chi connectivity index (χ4n) is 3.03. The maximum Gasteiger partial charge on any atom is 0.319 e. The second kappa shape index (κ2) is 8.22. The van der Waals surface area contributed by atoms with Gasteiger partial charge in [0.25, 0.3) is 5.91 Å². The number of allylic oxidation sites excluding steroid dienone is 1. The number of ether oxygens (including phenoxy) is 2. The zero-order valence-corrected chi connectivity index (χ0v) is 16.4. The molecular weight excluding hydrogens is 382 g/mol. The Bertz CT molecular complexity index is 958. The number of urea groups is 1. The molecule has 2 aromatic rings. The molecule has 0 saturated carbocycles. The molecule has 1 atom stereocenters. The molecular formula is C20H20ClN3O4. The Morgan fingerprint density at radius 2 is 1.93 bits per heavy atom. The number of amides is 3. The van der Waals surface area contributed by atoms with E-state index in [1.54, 1.807) is 49.4 Å². The number of nitrogens with one attached hydrogen (secondary N) is 3. The summed E-state index contributed by atoms with van der Waals surface area (Å²) in [6.07, 6.45) is 0. The molecule has 1 aliphatic heterocycles. The van der Waals surface area contributed by atoms with Gasteiger partial charge in [-0.25, -0.2) is 4.79 Å². The highest BCUT2D eigenvalue weighted by atomic mass is 35.5. The Hall–Kier alpha value is -3.19. The van der Waals surface area contributed by atoms with Crippen molar-refractivity contribution >= 4 is 29.2 Å². The monoisotopic (exact) mass is 401 g/mol. The molecule has 7 nitrogen and oxygen atoms in total. The van der Waals surface area contributed by atoms with Gasteiger partial charge in [0.2, 0.25) is 0 Å². The van der Waals surface area contributed by atoms with E-state index < -0.39 is 12.1 Å². The number of methoxy groups -OCH3 is 2. The van der Waals surface area contributed by atoms with Crippen LogP contribution < -0.4 is 25.4 Å². The van der Waals surface area contributed by atoms with Gasteiger partial charge in [-0.3, -0.25) is 4.79 Å². The average molecular weight is 402 g/mol. The zero-order chi connectivity index (χ0) is 20.3. The first-order valence-electron chi connectivity index (χ1n) is 8.50. The number of rotatable bonds is 5. The minimum absolute atomic E-state index is 0.367. The van der Waals surface area contributed by atoms with Crippen LogP contribution in [0, 0.1) is 0 Å². The highest BCUT2D eigenvalue weighted by molar-refractivity contribution is 6.30. The standard InChI is InChI=1S/C20H20ClN3O4/c1-11-17(18(24-20(26)22-11)12-5-4-6-13(21)9-12)19(25)23-15-10-14(27-2)7-8-16(15)28-3/h4-10,18H,1-3H3,(H,23,25)(H2,22,24,26)/t18-/m1/s1. The summed E-state index contributed by atoms with van der Waals surface area (Å²) in [5, 5.41) is 8.77. The van der Waals surface area contributed by atoms with Gasteiger partial charge in [-0.1, -0.05) is 23.7 Å². The van der Waals surface area contributed by atoms with Crippen LogP contribution in [0.1, 0.15) is 18.5 Å². The number of benzene rings is 2. The summed E-state index contributed by atoms with van der Waals surface area (Å²) in [5.74, 6) is 0.671. The van der Waals surface area contributed by atoms with Crippen LogP contribution in [0.2, 0.25) is 5.02 Å². The van der Waals surface area contributed by atoms with Crippen LogP contribution in [0.3, 0.4) is 0 Å². The molecule has 3 amide bonds. The summed E-state index contributed by atoms with van der Waals surface area (Å²) in [7, 11) is 3.05. The second-order valence-electron chi connectivity index (χ2n) is 6.15. The van der Waals surface area contributed by atoms with Crippen molar-refractivity contribution in [3.05, 3.63) is 64.3 Å². The van der Waals surface area contributed by atoms with Gasteiger partial charge in [-0.05, 0) is 36.8 Å². The van der Waals surface area contributed by atoms with Gasteiger partial charge in [0.05, 0.1) is 31.5 Å². The van der Waals surface area contributed by atoms with E-state index in [1.165, 1.54) is 14.2 Å². The van der Waals surface area contributed by atoms with E-state index in [4.69, 9.17) is 21.1 Å². The predicted molar refractivity (Wildman–Crippen MR) is 107 cm³/mol. The molecule has 1 aliphatic rings. The van der Waals surface area contributed by atoms with Gasteiger partial charge in [0, 0.05) is 16.8 Å². The average Bonchev–Trinajstić information content (AvgIpc) is 2.67. The minimum atomic E-state index is -0.649. The van der Waals surface area contributed by atoms with E-state index in [2.05, 4.69) is 16.0 Å². The molecule has 0 aliphatic carbocycles. The van der Waals surface area contributed by atoms with Crippen molar-refractivity contribution in [3.8, 4) is 11.5 Å². The van der Waals surface area contributed by atoms with Crippen molar-refractivity contribution in [2.75, 3.05) is 19.5 Å². The number of halogens is 1. The summed E-state index contributed by atoms with van der Waals surface area (Å²) in [6.45, 7) is 1.67. The molecule has 3 N–H and O–H groups in total. The second-order valence-corrected chi connectivity index (χ2v) is 6.58. The van der Waals surface area contributed by atoms with Crippen LogP contribution in [-0.2, 0) is 4.79 Å². The molecule has 28 heavy (non-hydrogen) atoms. The molecule has 0 unspecified atom stereocenters. The van der Waals surface area contributed by atoms with Gasteiger partial charge < -0.3 is 25.4 Å². The summed E-state index contributed by atoms with van der Waals surface area (Å²) in [5.41, 5.74) is 1.97. The molecule has 8 heteroatoms. The van der Waals surface area contributed by atoms with E-state index in [-0.39, 0.29) is 5.91 Å². The molecule has 146 valence electrons. The van der Waals surface area contributed by atoms with Gasteiger partial charge in [-0.2, -0.15) is 0 Å². The first-order chi connectivity index (χ1) is 13.4. The Morgan fingerprint density at radius 1 is 1.14 bits per heavy atom. The van der Waals surface area contributed by atoms with Crippen LogP contribution >= 0.6 is 11.6 Å². The first kappa shape index (κ1) is 19.6. The van der Waals surface area contributed by atoms with Crippen molar-refractivity contribution in [2.45, 2.75) is 13.0 Å². The lowest BCUT2D eigenvalue weighted by molar-refractivity contribution is -0.113. The van der Waals surface area contributed by atoms with Gasteiger partial charge in [0.1, 0.15) is 11.5 Å². The lowest BCUT2D eigenvalue weighted by atomic mass is 9.95. The molecule has 2 aromatic carbocycles. The zero-order valence-electron chi connectivity index (χ0n) is 15.6. The topological polar surface area (TPSA) is 88.7 Å². The normalized spacial score (nSPS) is 16.1. The van der Waals surface area contributed by atoms with E-state index in [0.717, 1.165) is 0 Å². The van der Waals surface area contributed by atoms with E-state index in [0.29, 0.717) is 39.0 Å².